The molecule has 14 heavy (non-hydrogen) atoms. The lowest BCUT2D eigenvalue weighted by Crippen LogP contribution is -1.99. The van der Waals surface area contributed by atoms with Crippen LogP contribution in [0.5, 0.6) is 5.75 Å². The molecule has 0 spiro atoms. The van der Waals surface area contributed by atoms with E-state index in [2.05, 4.69) is 11.9 Å². The summed E-state index contributed by atoms with van der Waals surface area (Å²) < 4.78 is 4.99. The van der Waals surface area contributed by atoms with E-state index in [-0.39, 0.29) is 0 Å². The zero-order valence-electron chi connectivity index (χ0n) is 7.66. The van der Waals surface area contributed by atoms with Gasteiger partial charge in [0.05, 0.1) is 12.7 Å². The summed E-state index contributed by atoms with van der Waals surface area (Å²) in [5, 5.41) is 0.466. The quantitative estimate of drug-likeness (QED) is 0.555. The largest absolute Gasteiger partial charge is 0.496 e. The summed E-state index contributed by atoms with van der Waals surface area (Å²) in [7, 11) is 1.48. The van der Waals surface area contributed by atoms with Gasteiger partial charge < -0.3 is 4.74 Å². The van der Waals surface area contributed by atoms with Crippen LogP contribution in [0.15, 0.2) is 23.2 Å². The van der Waals surface area contributed by atoms with Crippen LogP contribution in [0.25, 0.3) is 0 Å². The van der Waals surface area contributed by atoms with Crippen molar-refractivity contribution in [1.82, 2.24) is 0 Å². The minimum atomic E-state index is -0.417. The lowest BCUT2D eigenvalue weighted by Gasteiger charge is -2.04. The molecule has 0 atom stereocenters. The maximum Gasteiger partial charge on any atom is 0.284 e. The van der Waals surface area contributed by atoms with Crippen LogP contribution in [0.1, 0.15) is 10.4 Å². The summed E-state index contributed by atoms with van der Waals surface area (Å²) in [6, 6.07) is 4.77. The van der Waals surface area contributed by atoms with Gasteiger partial charge in [-0.1, -0.05) is 11.6 Å². The Morgan fingerprint density at radius 3 is 2.93 bits per heavy atom. The molecular formula is C10H9ClNO2+. The smallest absolute Gasteiger partial charge is 0.284 e. The average Bonchev–Trinajstić information content (AvgIpc) is 2.18. The number of aliphatic imine (C=N–C) groups is 1. The molecule has 0 aliphatic heterocycles. The molecule has 0 saturated carbocycles. The van der Waals surface area contributed by atoms with Gasteiger partial charge in [0.15, 0.2) is 6.21 Å². The van der Waals surface area contributed by atoms with Gasteiger partial charge in [0.25, 0.3) is 5.91 Å². The molecule has 72 valence electrons. The number of amides is 1. The molecule has 0 saturated heterocycles. The van der Waals surface area contributed by atoms with Crippen molar-refractivity contribution in [2.75, 3.05) is 7.11 Å². The van der Waals surface area contributed by atoms with E-state index < -0.39 is 5.91 Å². The van der Waals surface area contributed by atoms with Crippen LogP contribution >= 0.6 is 11.6 Å². The van der Waals surface area contributed by atoms with Gasteiger partial charge in [0, 0.05) is 5.02 Å². The first kappa shape index (κ1) is 10.6. The summed E-state index contributed by atoms with van der Waals surface area (Å²) in [5.41, 5.74) is 0.333. The van der Waals surface area contributed by atoms with Gasteiger partial charge in [-0.15, -0.1) is 0 Å². The Balaban J connectivity index is 3.16. The molecule has 1 aromatic rings. The molecule has 3 nitrogen and oxygen atoms in total. The highest BCUT2D eigenvalue weighted by Gasteiger charge is 2.11. The first-order valence-electron chi connectivity index (χ1n) is 3.88. The van der Waals surface area contributed by atoms with Crippen LogP contribution in [0.2, 0.25) is 5.02 Å². The zero-order chi connectivity index (χ0) is 10.6. The second-order valence-corrected chi connectivity index (χ2v) is 2.90. The number of benzene rings is 1. The standard InChI is InChI=1S/C10H9ClNO2/c1-3-12-10(13)8-6-7(11)4-5-9(8)14-2/h3-6H,1H2,2H3/q+1. The molecule has 4 heteroatoms. The minimum Gasteiger partial charge on any atom is -0.496 e. The highest BCUT2D eigenvalue weighted by atomic mass is 35.5. The number of nitrogens with zero attached hydrogens (tertiary/aromatic N) is 1. The number of carbonyl (C=O) groups is 1. The number of rotatable bonds is 2. The Morgan fingerprint density at radius 2 is 2.36 bits per heavy atom. The van der Waals surface area contributed by atoms with Crippen molar-refractivity contribution in [3.63, 3.8) is 0 Å². The highest BCUT2D eigenvalue weighted by Crippen LogP contribution is 2.23. The number of carbonyl (C=O) groups excluding carboxylic acids is 1. The Kier molecular flexibility index (Phi) is 3.54. The zero-order valence-corrected chi connectivity index (χ0v) is 8.41. The molecule has 1 rings (SSSR count). The molecule has 0 unspecified atom stereocenters. The van der Waals surface area contributed by atoms with E-state index in [4.69, 9.17) is 16.3 Å². The van der Waals surface area contributed by atoms with Crippen molar-refractivity contribution >= 4 is 23.7 Å². The van der Waals surface area contributed by atoms with Gasteiger partial charge >= 0.3 is 0 Å². The fourth-order valence-corrected chi connectivity index (χ4v) is 1.17. The minimum absolute atomic E-state index is 0.333. The van der Waals surface area contributed by atoms with E-state index in [9.17, 15) is 4.79 Å². The van der Waals surface area contributed by atoms with E-state index in [1.807, 2.05) is 0 Å². The summed E-state index contributed by atoms with van der Waals surface area (Å²) in [6.45, 7) is 3.34. The van der Waals surface area contributed by atoms with Gasteiger partial charge in [-0.05, 0) is 18.2 Å². The fourth-order valence-electron chi connectivity index (χ4n) is 1.000. The van der Waals surface area contributed by atoms with Crippen molar-refractivity contribution in [2.24, 2.45) is 4.99 Å². The number of halogens is 1. The van der Waals surface area contributed by atoms with Crippen molar-refractivity contribution in [3.05, 3.63) is 35.7 Å². The molecule has 0 bridgehead atoms. The third kappa shape index (κ3) is 2.26. The lowest BCUT2D eigenvalue weighted by atomic mass is 10.2. The number of hydrogen-bond acceptors (Lipinski definition) is 2. The summed E-state index contributed by atoms with van der Waals surface area (Å²) in [5.74, 6) is 0.0318. The topological polar surface area (TPSA) is 38.7 Å². The average molecular weight is 211 g/mol. The van der Waals surface area contributed by atoms with Gasteiger partial charge in [-0.3, -0.25) is 4.79 Å². The van der Waals surface area contributed by atoms with Crippen molar-refractivity contribution in [3.8, 4) is 5.75 Å². The Labute approximate surface area is 87.4 Å². The molecule has 1 amide bonds. The third-order valence-electron chi connectivity index (χ3n) is 1.60. The van der Waals surface area contributed by atoms with Crippen LogP contribution in [0.4, 0.5) is 0 Å². The molecule has 1 aromatic carbocycles. The number of ether oxygens (including phenoxy) is 1. The number of methoxy groups -OCH3 is 1. The predicted molar refractivity (Wildman–Crippen MR) is 56.2 cm³/mol. The van der Waals surface area contributed by atoms with Crippen molar-refractivity contribution in [2.45, 2.75) is 0 Å². The monoisotopic (exact) mass is 210 g/mol. The van der Waals surface area contributed by atoms with Gasteiger partial charge in [-0.2, -0.15) is 4.99 Å². The first-order chi connectivity index (χ1) is 6.69. The maximum atomic E-state index is 11.4. The maximum absolute atomic E-state index is 11.4. The molecule has 0 aromatic heterocycles. The van der Waals surface area contributed by atoms with Gasteiger partial charge in [0.1, 0.15) is 12.7 Å². The molecule has 0 heterocycles. The van der Waals surface area contributed by atoms with Crippen molar-refractivity contribution < 1.29 is 9.53 Å². The molecule has 0 aliphatic rings. The normalized spacial score (nSPS) is 10.4. The van der Waals surface area contributed by atoms with Crippen LogP contribution in [-0.4, -0.2) is 19.2 Å². The second kappa shape index (κ2) is 4.67. The van der Waals surface area contributed by atoms with E-state index in [0.29, 0.717) is 16.3 Å². The van der Waals surface area contributed by atoms with E-state index in [1.165, 1.54) is 19.4 Å². The highest BCUT2D eigenvalue weighted by molar-refractivity contribution is 6.31. The van der Waals surface area contributed by atoms with Crippen LogP contribution in [0.3, 0.4) is 0 Å². The third-order valence-corrected chi connectivity index (χ3v) is 1.84. The fraction of sp³-hybridized carbons (Fsp3) is 0.100. The molecule has 0 aliphatic carbocycles. The summed E-state index contributed by atoms with van der Waals surface area (Å²) in [4.78, 5) is 14.9. The van der Waals surface area contributed by atoms with Crippen LogP contribution in [0, 0.1) is 6.92 Å². The molecule has 0 fully saturated rings. The predicted octanol–water partition coefficient (Wildman–Crippen LogP) is 2.39. The van der Waals surface area contributed by atoms with Crippen LogP contribution in [-0.2, 0) is 0 Å². The SMILES string of the molecule is [CH2+]C=NC(=O)c1cc(Cl)ccc1OC. The summed E-state index contributed by atoms with van der Waals surface area (Å²) in [6.07, 6.45) is 1.18. The molecule has 0 radical (unpaired) electrons. The first-order valence-corrected chi connectivity index (χ1v) is 4.26. The molecular weight excluding hydrogens is 202 g/mol. The lowest BCUT2D eigenvalue weighted by molar-refractivity contribution is 0.100. The van der Waals surface area contributed by atoms with E-state index in [0.717, 1.165) is 0 Å². The molecule has 0 N–H and O–H groups in total. The van der Waals surface area contributed by atoms with Crippen molar-refractivity contribution in [1.29, 1.82) is 0 Å². The van der Waals surface area contributed by atoms with E-state index in [1.54, 1.807) is 12.1 Å². The Morgan fingerprint density at radius 1 is 1.64 bits per heavy atom. The second-order valence-electron chi connectivity index (χ2n) is 2.46. The van der Waals surface area contributed by atoms with Crippen LogP contribution < -0.4 is 4.74 Å². The number of hydrogen-bond donors (Lipinski definition) is 0. The van der Waals surface area contributed by atoms with Gasteiger partial charge in [0.2, 0.25) is 0 Å². The summed E-state index contributed by atoms with van der Waals surface area (Å²) >= 11 is 5.74. The Bertz CT molecular complexity index is 374. The van der Waals surface area contributed by atoms with Gasteiger partial charge in [-0.25, -0.2) is 0 Å². The van der Waals surface area contributed by atoms with E-state index >= 15 is 0 Å². The Hall–Kier alpha value is -1.48.